The van der Waals surface area contributed by atoms with E-state index in [4.69, 9.17) is 20.6 Å². The van der Waals surface area contributed by atoms with Crippen LogP contribution >= 0.6 is 7.60 Å². The van der Waals surface area contributed by atoms with Crippen LogP contribution in [0, 0.1) is 0 Å². The minimum atomic E-state index is -4.38. The van der Waals surface area contributed by atoms with Crippen LogP contribution in [0.1, 0.15) is 6.92 Å². The lowest BCUT2D eigenvalue weighted by Gasteiger charge is -2.14. The first-order valence-electron chi connectivity index (χ1n) is 3.97. The lowest BCUT2D eigenvalue weighted by molar-refractivity contribution is -0.141. The molecule has 2 atom stereocenters. The van der Waals surface area contributed by atoms with Gasteiger partial charge in [0, 0.05) is 0 Å². The summed E-state index contributed by atoms with van der Waals surface area (Å²) in [6.07, 6.45) is -0.814. The number of carbonyl (C=O) groups excluding carboxylic acids is 1. The van der Waals surface area contributed by atoms with Crippen LogP contribution in [0.5, 0.6) is 0 Å². The molecule has 15 heavy (non-hydrogen) atoms. The van der Waals surface area contributed by atoms with E-state index >= 15 is 0 Å². The number of aliphatic carboxylic acids is 1. The Labute approximate surface area is 85.6 Å². The summed E-state index contributed by atoms with van der Waals surface area (Å²) in [5.41, 5.74) is 5.15. The quantitative estimate of drug-likeness (QED) is 0.351. The highest BCUT2D eigenvalue weighted by Gasteiger charge is 2.26. The van der Waals surface area contributed by atoms with Gasteiger partial charge >= 0.3 is 13.6 Å². The highest BCUT2D eigenvalue weighted by molar-refractivity contribution is 7.51. The molecular weight excluding hydrogens is 227 g/mol. The molecule has 0 heterocycles. The second kappa shape index (κ2) is 5.22. The summed E-state index contributed by atoms with van der Waals surface area (Å²) in [4.78, 5) is 38.5. The molecule has 1 amide bonds. The molecule has 0 spiro atoms. The lowest BCUT2D eigenvalue weighted by atomic mass is 10.3. The molecule has 0 aliphatic carbocycles. The van der Waals surface area contributed by atoms with E-state index in [1.54, 1.807) is 0 Å². The summed E-state index contributed by atoms with van der Waals surface area (Å²) in [7, 11) is -4.38. The number of nitrogens with one attached hydrogen (secondary N) is 1. The predicted molar refractivity (Wildman–Crippen MR) is 50.1 cm³/mol. The molecule has 0 aromatic heterocycles. The minimum absolute atomic E-state index is 0.814. The maximum absolute atomic E-state index is 11.1. The molecule has 0 aromatic carbocycles. The van der Waals surface area contributed by atoms with Crippen molar-refractivity contribution in [3.63, 3.8) is 0 Å². The highest BCUT2D eigenvalue weighted by atomic mass is 31.2. The Morgan fingerprint density at radius 2 is 1.93 bits per heavy atom. The molecule has 1 unspecified atom stereocenters. The molecule has 88 valence electrons. The largest absolute Gasteiger partial charge is 0.480 e. The Balaban J connectivity index is 4.23. The topological polar surface area (TPSA) is 150 Å². The molecular formula is C6H13N2O6P. The van der Waals surface area contributed by atoms with Gasteiger partial charge in [-0.25, -0.2) is 0 Å². The smallest absolute Gasteiger partial charge is 0.327 e. The van der Waals surface area contributed by atoms with Crippen LogP contribution in [0.15, 0.2) is 0 Å². The van der Waals surface area contributed by atoms with E-state index in [1.165, 1.54) is 6.92 Å². The third-order valence-electron chi connectivity index (χ3n) is 1.50. The predicted octanol–water partition coefficient (Wildman–Crippen LogP) is -1.92. The van der Waals surface area contributed by atoms with Crippen molar-refractivity contribution in [1.82, 2.24) is 5.32 Å². The number of amides is 1. The Morgan fingerprint density at radius 1 is 1.47 bits per heavy atom. The molecule has 0 rings (SSSR count). The minimum Gasteiger partial charge on any atom is -0.480 e. The molecule has 0 radical (unpaired) electrons. The number of hydrogen-bond donors (Lipinski definition) is 5. The van der Waals surface area contributed by atoms with Gasteiger partial charge < -0.3 is 25.9 Å². The molecule has 0 saturated carbocycles. The zero-order valence-electron chi connectivity index (χ0n) is 7.95. The fourth-order valence-corrected chi connectivity index (χ4v) is 1.40. The van der Waals surface area contributed by atoms with Crippen LogP contribution in [0.4, 0.5) is 0 Å². The van der Waals surface area contributed by atoms with Crippen molar-refractivity contribution < 1.29 is 29.0 Å². The fraction of sp³-hybridized carbons (Fsp3) is 0.667. The van der Waals surface area contributed by atoms with Gasteiger partial charge in [0.05, 0.1) is 12.2 Å². The second-order valence-electron chi connectivity index (χ2n) is 3.02. The first-order valence-corrected chi connectivity index (χ1v) is 5.76. The molecule has 0 bridgehead atoms. The maximum atomic E-state index is 11.1. The molecule has 0 saturated heterocycles. The second-order valence-corrected chi connectivity index (χ2v) is 4.72. The SMILES string of the molecule is C[C@H](NC(=O)C(N)CP(=O)(O)O)C(=O)O. The molecule has 0 aliphatic rings. The van der Waals surface area contributed by atoms with Crippen LogP contribution in [0.3, 0.4) is 0 Å². The molecule has 0 aromatic rings. The van der Waals surface area contributed by atoms with Crippen molar-refractivity contribution in [2.45, 2.75) is 19.0 Å². The third-order valence-corrected chi connectivity index (χ3v) is 2.37. The van der Waals surface area contributed by atoms with Crippen molar-refractivity contribution in [1.29, 1.82) is 0 Å². The van der Waals surface area contributed by atoms with Crippen molar-refractivity contribution in [3.8, 4) is 0 Å². The first kappa shape index (κ1) is 14.1. The van der Waals surface area contributed by atoms with Crippen LogP contribution in [-0.4, -0.2) is 45.0 Å². The number of carbonyl (C=O) groups is 2. The Hall–Kier alpha value is -0.950. The summed E-state index contributed by atoms with van der Waals surface area (Å²) in [5.74, 6) is -2.17. The highest BCUT2D eigenvalue weighted by Crippen LogP contribution is 2.34. The van der Waals surface area contributed by atoms with E-state index < -0.39 is 37.7 Å². The van der Waals surface area contributed by atoms with Crippen LogP contribution < -0.4 is 11.1 Å². The Morgan fingerprint density at radius 3 is 2.27 bits per heavy atom. The van der Waals surface area contributed by atoms with Crippen molar-refractivity contribution in [2.75, 3.05) is 6.16 Å². The molecule has 0 fully saturated rings. The van der Waals surface area contributed by atoms with Gasteiger partial charge in [0.1, 0.15) is 6.04 Å². The van der Waals surface area contributed by atoms with E-state index in [-0.39, 0.29) is 0 Å². The summed E-state index contributed by atoms with van der Waals surface area (Å²) >= 11 is 0. The van der Waals surface area contributed by atoms with Gasteiger partial charge in [-0.2, -0.15) is 0 Å². The van der Waals surface area contributed by atoms with Gasteiger partial charge in [0.2, 0.25) is 5.91 Å². The van der Waals surface area contributed by atoms with E-state index in [0.717, 1.165) is 0 Å². The Bertz CT molecular complexity index is 300. The standard InChI is InChI=1S/C6H13N2O6P/c1-3(6(10)11)8-5(9)4(7)2-15(12,13)14/h3-4H,2,7H2,1H3,(H,8,9)(H,10,11)(H2,12,13,14)/t3-,4?/m0/s1. The average Bonchev–Trinajstić information content (AvgIpc) is 2.00. The van der Waals surface area contributed by atoms with Crippen LogP contribution in [0.2, 0.25) is 0 Å². The van der Waals surface area contributed by atoms with Crippen molar-refractivity contribution in [2.24, 2.45) is 5.73 Å². The average molecular weight is 240 g/mol. The van der Waals surface area contributed by atoms with Crippen LogP contribution in [0.25, 0.3) is 0 Å². The van der Waals surface area contributed by atoms with Gasteiger partial charge in [-0.15, -0.1) is 0 Å². The van der Waals surface area contributed by atoms with Crippen molar-refractivity contribution in [3.05, 3.63) is 0 Å². The summed E-state index contributed by atoms with van der Waals surface area (Å²) in [5, 5.41) is 10.4. The van der Waals surface area contributed by atoms with Gasteiger partial charge in [0.15, 0.2) is 0 Å². The molecule has 6 N–H and O–H groups in total. The Kier molecular flexibility index (Phi) is 4.89. The number of hydrogen-bond acceptors (Lipinski definition) is 4. The number of nitrogens with two attached hydrogens (primary N) is 1. The molecule has 8 nitrogen and oxygen atoms in total. The van der Waals surface area contributed by atoms with E-state index in [0.29, 0.717) is 0 Å². The fourth-order valence-electron chi connectivity index (χ4n) is 0.721. The normalized spacial score (nSPS) is 15.5. The third kappa shape index (κ3) is 6.19. The van der Waals surface area contributed by atoms with Gasteiger partial charge in [0.25, 0.3) is 0 Å². The monoisotopic (exact) mass is 240 g/mol. The van der Waals surface area contributed by atoms with E-state index in [1.807, 2.05) is 5.32 Å². The molecule has 9 heteroatoms. The number of carboxylic acid groups (broad SMARTS) is 1. The van der Waals surface area contributed by atoms with Gasteiger partial charge in [-0.1, -0.05) is 0 Å². The van der Waals surface area contributed by atoms with Gasteiger partial charge in [-0.3, -0.25) is 14.2 Å². The summed E-state index contributed by atoms with van der Waals surface area (Å²) < 4.78 is 10.5. The van der Waals surface area contributed by atoms with Crippen LogP contribution in [-0.2, 0) is 14.2 Å². The van der Waals surface area contributed by atoms with E-state index in [9.17, 15) is 14.2 Å². The number of carboxylic acids is 1. The summed E-state index contributed by atoms with van der Waals surface area (Å²) in [6, 6.07) is -2.58. The number of rotatable bonds is 5. The zero-order chi connectivity index (χ0) is 12.2. The molecule has 0 aliphatic heterocycles. The lowest BCUT2D eigenvalue weighted by Crippen LogP contribution is -2.48. The van der Waals surface area contributed by atoms with Crippen molar-refractivity contribution >= 4 is 19.5 Å². The van der Waals surface area contributed by atoms with E-state index in [2.05, 4.69) is 0 Å². The summed E-state index contributed by atoms with van der Waals surface area (Å²) in [6.45, 7) is 1.21. The van der Waals surface area contributed by atoms with Gasteiger partial charge in [-0.05, 0) is 6.92 Å². The first-order chi connectivity index (χ1) is 6.63. The zero-order valence-corrected chi connectivity index (χ0v) is 8.85. The maximum Gasteiger partial charge on any atom is 0.327 e.